The highest BCUT2D eigenvalue weighted by atomic mass is 35.5. The van der Waals surface area contributed by atoms with Crippen molar-refractivity contribution in [3.05, 3.63) is 111 Å². The highest BCUT2D eigenvalue weighted by molar-refractivity contribution is 6.35. The maximum absolute atomic E-state index is 13.9. The summed E-state index contributed by atoms with van der Waals surface area (Å²) in [5, 5.41) is 23.0. The third kappa shape index (κ3) is 8.80. The summed E-state index contributed by atoms with van der Waals surface area (Å²) in [5.41, 5.74) is 2.01. The second-order valence-corrected chi connectivity index (χ2v) is 14.8. The number of ether oxygens (including phenoxy) is 3. The lowest BCUT2D eigenvalue weighted by Crippen LogP contribution is -2.53. The van der Waals surface area contributed by atoms with E-state index in [9.17, 15) is 28.7 Å². The van der Waals surface area contributed by atoms with Crippen LogP contribution in [0.3, 0.4) is 0 Å². The second kappa shape index (κ2) is 16.3. The van der Waals surface area contributed by atoms with Gasteiger partial charge in [0.2, 0.25) is 12.4 Å². The molecule has 1 amide bonds. The van der Waals surface area contributed by atoms with Crippen LogP contribution in [0.4, 0.5) is 19.3 Å². The van der Waals surface area contributed by atoms with Gasteiger partial charge in [-0.15, -0.1) is 0 Å². The average Bonchev–Trinajstić information content (AvgIpc) is 3.98. The van der Waals surface area contributed by atoms with Gasteiger partial charge in [-0.3, -0.25) is 20.0 Å². The highest BCUT2D eigenvalue weighted by Crippen LogP contribution is 2.41. The largest absolute Gasteiger partial charge is 0.545 e. The number of pyridine rings is 2. The first-order chi connectivity index (χ1) is 26.0. The molecule has 284 valence electrons. The van der Waals surface area contributed by atoms with Crippen molar-refractivity contribution in [3.8, 4) is 11.5 Å². The molecule has 8 rings (SSSR count). The summed E-state index contributed by atoms with van der Waals surface area (Å²) in [4.78, 5) is 34.6. The Labute approximate surface area is 320 Å². The number of nitrogens with zero attached hydrogens (tertiary/aromatic N) is 4. The number of carboxylic acid groups (broad SMARTS) is 1. The van der Waals surface area contributed by atoms with E-state index in [-0.39, 0.29) is 63.6 Å². The Morgan fingerprint density at radius 3 is 2.43 bits per heavy atom. The van der Waals surface area contributed by atoms with E-state index in [1.165, 1.54) is 29.4 Å². The number of benzene rings is 2. The molecule has 1 N–H and O–H groups in total. The molecule has 2 aromatic heterocycles. The van der Waals surface area contributed by atoms with Crippen LogP contribution in [0, 0.1) is 11.8 Å². The minimum Gasteiger partial charge on any atom is -0.545 e. The maximum Gasteiger partial charge on any atom is 0.414 e. The molecule has 4 fully saturated rings. The molecule has 2 aromatic carbocycles. The van der Waals surface area contributed by atoms with Gasteiger partial charge in [0.1, 0.15) is 16.1 Å². The number of amides is 1. The van der Waals surface area contributed by atoms with Crippen LogP contribution in [0.2, 0.25) is 10.0 Å². The molecule has 2 atom stereocenters. The predicted molar refractivity (Wildman–Crippen MR) is 191 cm³/mol. The number of carboxylic acids is 1. The van der Waals surface area contributed by atoms with Gasteiger partial charge in [-0.1, -0.05) is 47.5 Å². The molecule has 4 aromatic rings. The molecule has 0 radical (unpaired) electrons. The number of carbonyl (C=O) groups is 2. The van der Waals surface area contributed by atoms with Crippen LogP contribution in [0.1, 0.15) is 64.2 Å². The molecule has 3 aliphatic heterocycles. The number of hydrogen-bond acceptors (Lipinski definition) is 9. The van der Waals surface area contributed by atoms with E-state index >= 15 is 0 Å². The van der Waals surface area contributed by atoms with Crippen molar-refractivity contribution in [2.24, 2.45) is 11.8 Å². The van der Waals surface area contributed by atoms with Gasteiger partial charge in [-0.25, -0.2) is 4.79 Å². The van der Waals surface area contributed by atoms with Crippen molar-refractivity contribution in [1.29, 1.82) is 0 Å². The van der Waals surface area contributed by atoms with Crippen molar-refractivity contribution in [1.82, 2.24) is 9.88 Å². The SMILES string of the molecule is O=C([O-])c1ccc(CN(C(=O)O[C@H]2CN3CCC2CC3)c2cccnc2)cc1[C@@H](Cc1c(Cl)c[n+](O)cc1Cl)c1ccc(OC(F)F)c(OCC2CC2)c1. The Morgan fingerprint density at radius 1 is 1.04 bits per heavy atom. The number of alkyl halides is 2. The summed E-state index contributed by atoms with van der Waals surface area (Å²) >= 11 is 13.2. The Hall–Kier alpha value is -4.72. The van der Waals surface area contributed by atoms with Gasteiger partial charge in [-0.05, 0) is 98.0 Å². The molecule has 1 saturated carbocycles. The van der Waals surface area contributed by atoms with Gasteiger partial charge in [0.05, 0.1) is 31.0 Å². The zero-order valence-corrected chi connectivity index (χ0v) is 30.6. The second-order valence-electron chi connectivity index (χ2n) is 14.0. The number of aromatic carboxylic acids is 1. The summed E-state index contributed by atoms with van der Waals surface area (Å²) in [6, 6.07) is 12.5. The van der Waals surface area contributed by atoms with Crippen LogP contribution >= 0.6 is 23.2 Å². The van der Waals surface area contributed by atoms with E-state index in [0.29, 0.717) is 40.3 Å². The number of aromatic nitrogens is 2. The number of carbonyl (C=O) groups excluding carboxylic acids is 2. The van der Waals surface area contributed by atoms with Gasteiger partial charge >= 0.3 is 12.7 Å². The third-order valence-corrected chi connectivity index (χ3v) is 11.0. The van der Waals surface area contributed by atoms with E-state index < -0.39 is 24.6 Å². The van der Waals surface area contributed by atoms with Gasteiger partial charge < -0.3 is 24.1 Å². The van der Waals surface area contributed by atoms with Crippen LogP contribution < -0.4 is 24.2 Å². The minimum absolute atomic E-state index is 0.00699. The average molecular weight is 784 g/mol. The Morgan fingerprint density at radius 2 is 1.80 bits per heavy atom. The Kier molecular flexibility index (Phi) is 11.4. The minimum atomic E-state index is -3.11. The summed E-state index contributed by atoms with van der Waals surface area (Å²) in [6.07, 6.45) is 8.63. The first-order valence-electron chi connectivity index (χ1n) is 17.8. The molecule has 0 unspecified atom stereocenters. The summed E-state index contributed by atoms with van der Waals surface area (Å²) in [5.74, 6) is -1.85. The number of hydrogen-bond donors (Lipinski definition) is 1. The number of rotatable bonds is 14. The summed E-state index contributed by atoms with van der Waals surface area (Å²) in [7, 11) is 0. The number of piperidine rings is 3. The quantitative estimate of drug-likeness (QED) is 0.116. The van der Waals surface area contributed by atoms with E-state index in [2.05, 4.69) is 9.88 Å². The molecular weight excluding hydrogens is 745 g/mol. The van der Waals surface area contributed by atoms with Crippen molar-refractivity contribution < 1.29 is 47.6 Å². The molecule has 1 aliphatic carbocycles. The molecule has 2 bridgehead atoms. The summed E-state index contributed by atoms with van der Waals surface area (Å²) in [6.45, 7) is -0.195. The molecule has 4 aliphatic rings. The fourth-order valence-corrected chi connectivity index (χ4v) is 7.87. The third-order valence-electron chi connectivity index (χ3n) is 10.3. The first-order valence-corrected chi connectivity index (χ1v) is 18.5. The molecule has 0 spiro atoms. The van der Waals surface area contributed by atoms with Crippen molar-refractivity contribution in [3.63, 3.8) is 0 Å². The van der Waals surface area contributed by atoms with Crippen molar-refractivity contribution >= 4 is 41.0 Å². The van der Waals surface area contributed by atoms with Gasteiger partial charge in [-0.2, -0.15) is 8.78 Å². The molecule has 54 heavy (non-hydrogen) atoms. The van der Waals surface area contributed by atoms with Crippen LogP contribution in [0.5, 0.6) is 11.5 Å². The smallest absolute Gasteiger partial charge is 0.414 e. The van der Waals surface area contributed by atoms with E-state index in [1.54, 1.807) is 48.8 Å². The molecule has 5 heterocycles. The Balaban J connectivity index is 1.29. The number of anilines is 1. The van der Waals surface area contributed by atoms with E-state index in [1.807, 2.05) is 0 Å². The lowest BCUT2D eigenvalue weighted by Gasteiger charge is -2.44. The fourth-order valence-electron chi connectivity index (χ4n) is 7.27. The molecule has 15 heteroatoms. The zero-order chi connectivity index (χ0) is 37.9. The Bertz CT molecular complexity index is 1970. The van der Waals surface area contributed by atoms with E-state index in [4.69, 9.17) is 37.4 Å². The van der Waals surface area contributed by atoms with E-state index in [0.717, 1.165) is 38.8 Å². The lowest BCUT2D eigenvalue weighted by molar-refractivity contribution is -0.904. The zero-order valence-electron chi connectivity index (χ0n) is 29.1. The van der Waals surface area contributed by atoms with Gasteiger partial charge in [0, 0.05) is 34.5 Å². The molecule has 3 saturated heterocycles. The number of fused-ring (bicyclic) bond motifs is 3. The monoisotopic (exact) mass is 782 g/mol. The van der Waals surface area contributed by atoms with Crippen molar-refractivity contribution in [2.45, 2.75) is 57.3 Å². The van der Waals surface area contributed by atoms with Crippen LogP contribution in [-0.4, -0.2) is 66.1 Å². The highest BCUT2D eigenvalue weighted by Gasteiger charge is 2.38. The first kappa shape index (κ1) is 37.6. The number of halogens is 4. The topological polar surface area (TPSA) is 128 Å². The van der Waals surface area contributed by atoms with Crippen LogP contribution in [0.15, 0.2) is 73.3 Å². The fraction of sp³-hybridized carbons (Fsp3) is 0.385. The lowest BCUT2D eigenvalue weighted by atomic mass is 9.82. The maximum atomic E-state index is 13.9. The molecule has 11 nitrogen and oxygen atoms in total. The standard InChI is InChI=1S/C39H38Cl2F2N4O7/c40-32-19-46(51)20-33(41)31(32)16-29(26-6-8-34(53-38(42)43)35(15-26)52-22-23-3-4-23)30-14-24(5-7-28(30)37(48)49)18-47(27-2-1-11-44-17-27)39(50)54-36-21-45-12-9-25(36)10-13-45/h1-2,5-8,11,14-15,17,19-20,23,25,29,36,38H,3-4,9-10,12-13,16,18,21-22H2,(H-,48,49,51)/t29-,36-/m0/s1. The predicted octanol–water partition coefficient (Wildman–Crippen LogP) is 6.28. The van der Waals surface area contributed by atoms with Gasteiger partial charge in [0.25, 0.3) is 0 Å². The summed E-state index contributed by atoms with van der Waals surface area (Å²) < 4.78 is 44.4. The van der Waals surface area contributed by atoms with Gasteiger partial charge in [0.15, 0.2) is 11.5 Å². The molecular formula is C39H38Cl2F2N4O7. The normalized spacial score (nSPS) is 19.7. The van der Waals surface area contributed by atoms with Crippen LogP contribution in [-0.2, 0) is 17.7 Å². The van der Waals surface area contributed by atoms with Crippen LogP contribution in [0.25, 0.3) is 0 Å². The van der Waals surface area contributed by atoms with Crippen molar-refractivity contribution in [2.75, 3.05) is 31.1 Å².